The number of nitrogens with zero attached hydrogens (tertiary/aromatic N) is 2. The normalized spacial score (nSPS) is 9.68. The van der Waals surface area contributed by atoms with E-state index in [-0.39, 0.29) is 5.69 Å². The van der Waals surface area contributed by atoms with Crippen molar-refractivity contribution in [2.75, 3.05) is 5.32 Å². The first-order valence-electron chi connectivity index (χ1n) is 5.26. The van der Waals surface area contributed by atoms with Gasteiger partial charge < -0.3 is 10.4 Å². The van der Waals surface area contributed by atoms with Crippen LogP contribution in [0.2, 0.25) is 5.02 Å². The molecular formula is C13H8ClN3O2. The lowest BCUT2D eigenvalue weighted by Crippen LogP contribution is -2.01. The standard InChI is InChI=1S/C13H8ClN3O2/c14-9-2-1-8(6-15)12(5-9)17-10-3-4-11(13(18)19)16-7-10/h1-5,7,17H,(H,18,19). The molecule has 0 radical (unpaired) electrons. The zero-order valence-electron chi connectivity index (χ0n) is 9.59. The van der Waals surface area contributed by atoms with Crippen molar-refractivity contribution in [1.29, 1.82) is 5.26 Å². The molecule has 5 nitrogen and oxygen atoms in total. The highest BCUT2D eigenvalue weighted by molar-refractivity contribution is 6.30. The Morgan fingerprint density at radius 1 is 1.37 bits per heavy atom. The van der Waals surface area contributed by atoms with Crippen LogP contribution >= 0.6 is 11.6 Å². The molecule has 6 heteroatoms. The number of hydrogen-bond acceptors (Lipinski definition) is 4. The highest BCUT2D eigenvalue weighted by Gasteiger charge is 2.06. The van der Waals surface area contributed by atoms with Crippen molar-refractivity contribution in [2.45, 2.75) is 0 Å². The number of carboxylic acid groups (broad SMARTS) is 1. The van der Waals surface area contributed by atoms with E-state index in [9.17, 15) is 4.79 Å². The van der Waals surface area contributed by atoms with E-state index in [0.717, 1.165) is 0 Å². The molecule has 1 heterocycles. The van der Waals surface area contributed by atoms with Crippen molar-refractivity contribution < 1.29 is 9.90 Å². The molecular weight excluding hydrogens is 266 g/mol. The van der Waals surface area contributed by atoms with E-state index in [0.29, 0.717) is 22.0 Å². The average Bonchev–Trinajstić information content (AvgIpc) is 2.39. The van der Waals surface area contributed by atoms with Crippen molar-refractivity contribution in [1.82, 2.24) is 4.98 Å². The number of nitrogens with one attached hydrogen (secondary N) is 1. The molecule has 94 valence electrons. The van der Waals surface area contributed by atoms with Crippen LogP contribution in [0, 0.1) is 11.3 Å². The highest BCUT2D eigenvalue weighted by Crippen LogP contribution is 2.24. The number of benzene rings is 1. The van der Waals surface area contributed by atoms with Gasteiger partial charge in [0.2, 0.25) is 0 Å². The lowest BCUT2D eigenvalue weighted by atomic mass is 10.2. The zero-order valence-corrected chi connectivity index (χ0v) is 10.3. The van der Waals surface area contributed by atoms with E-state index in [1.54, 1.807) is 24.3 Å². The largest absolute Gasteiger partial charge is 0.477 e. The molecule has 0 amide bonds. The molecule has 2 rings (SSSR count). The van der Waals surface area contributed by atoms with Crippen LogP contribution in [0.1, 0.15) is 16.1 Å². The minimum absolute atomic E-state index is 0.0443. The van der Waals surface area contributed by atoms with Gasteiger partial charge in [0.1, 0.15) is 11.8 Å². The maximum absolute atomic E-state index is 10.7. The minimum Gasteiger partial charge on any atom is -0.477 e. The molecule has 0 aliphatic heterocycles. The van der Waals surface area contributed by atoms with Gasteiger partial charge in [-0.25, -0.2) is 9.78 Å². The zero-order chi connectivity index (χ0) is 13.8. The average molecular weight is 274 g/mol. The number of carboxylic acids is 1. The molecule has 0 unspecified atom stereocenters. The number of nitriles is 1. The first kappa shape index (κ1) is 12.9. The van der Waals surface area contributed by atoms with Crippen LogP contribution in [-0.4, -0.2) is 16.1 Å². The number of aromatic carboxylic acids is 1. The third kappa shape index (κ3) is 3.00. The lowest BCUT2D eigenvalue weighted by molar-refractivity contribution is 0.0690. The predicted octanol–water partition coefficient (Wildman–Crippen LogP) is 3.05. The molecule has 2 N–H and O–H groups in total. The third-order valence-corrected chi connectivity index (χ3v) is 2.60. The van der Waals surface area contributed by atoms with Gasteiger partial charge >= 0.3 is 5.97 Å². The predicted molar refractivity (Wildman–Crippen MR) is 70.6 cm³/mol. The summed E-state index contributed by atoms with van der Waals surface area (Å²) in [6, 6.07) is 9.82. The number of halogens is 1. The van der Waals surface area contributed by atoms with Crippen molar-refractivity contribution in [3.8, 4) is 6.07 Å². The molecule has 0 aliphatic carbocycles. The van der Waals surface area contributed by atoms with Gasteiger partial charge in [-0.15, -0.1) is 0 Å². The van der Waals surface area contributed by atoms with Crippen molar-refractivity contribution in [3.05, 3.63) is 52.8 Å². The Labute approximate surface area is 114 Å². The molecule has 2 aromatic rings. The van der Waals surface area contributed by atoms with Crippen LogP contribution < -0.4 is 5.32 Å². The van der Waals surface area contributed by atoms with Crippen LogP contribution in [-0.2, 0) is 0 Å². The fourth-order valence-corrected chi connectivity index (χ4v) is 1.64. The molecule has 0 atom stereocenters. The number of rotatable bonds is 3. The first-order chi connectivity index (χ1) is 9.10. The van der Waals surface area contributed by atoms with E-state index in [2.05, 4.69) is 10.3 Å². The Hall–Kier alpha value is -2.58. The Morgan fingerprint density at radius 3 is 2.74 bits per heavy atom. The van der Waals surface area contributed by atoms with Crippen LogP contribution in [0.4, 0.5) is 11.4 Å². The number of carbonyl (C=O) groups is 1. The van der Waals surface area contributed by atoms with Gasteiger partial charge in [-0.1, -0.05) is 11.6 Å². The van der Waals surface area contributed by atoms with Crippen LogP contribution in [0.25, 0.3) is 0 Å². The van der Waals surface area contributed by atoms with E-state index >= 15 is 0 Å². The highest BCUT2D eigenvalue weighted by atomic mass is 35.5. The molecule has 0 aliphatic rings. The van der Waals surface area contributed by atoms with E-state index < -0.39 is 5.97 Å². The monoisotopic (exact) mass is 273 g/mol. The molecule has 0 saturated heterocycles. The van der Waals surface area contributed by atoms with E-state index in [4.69, 9.17) is 22.0 Å². The van der Waals surface area contributed by atoms with Gasteiger partial charge in [-0.05, 0) is 30.3 Å². The number of aromatic nitrogens is 1. The Balaban J connectivity index is 2.28. The minimum atomic E-state index is -1.09. The summed E-state index contributed by atoms with van der Waals surface area (Å²) in [6.45, 7) is 0. The maximum Gasteiger partial charge on any atom is 0.354 e. The molecule has 0 bridgehead atoms. The van der Waals surface area contributed by atoms with Crippen molar-refractivity contribution in [2.24, 2.45) is 0 Å². The summed E-state index contributed by atoms with van der Waals surface area (Å²) in [5, 5.41) is 21.2. The van der Waals surface area contributed by atoms with Gasteiger partial charge in [0, 0.05) is 5.02 Å². The molecule has 0 saturated carbocycles. The molecule has 0 fully saturated rings. The summed E-state index contributed by atoms with van der Waals surface area (Å²) in [5.74, 6) is -1.09. The number of anilines is 2. The molecule has 1 aromatic carbocycles. The quantitative estimate of drug-likeness (QED) is 0.897. The Bertz CT molecular complexity index is 663. The third-order valence-electron chi connectivity index (χ3n) is 2.36. The molecule has 1 aromatic heterocycles. The lowest BCUT2D eigenvalue weighted by Gasteiger charge is -2.08. The summed E-state index contributed by atoms with van der Waals surface area (Å²) < 4.78 is 0. The smallest absolute Gasteiger partial charge is 0.354 e. The number of hydrogen-bond donors (Lipinski definition) is 2. The summed E-state index contributed by atoms with van der Waals surface area (Å²) in [5.41, 5.74) is 1.51. The fraction of sp³-hybridized carbons (Fsp3) is 0. The Kier molecular flexibility index (Phi) is 3.64. The van der Waals surface area contributed by atoms with Crippen molar-refractivity contribution in [3.63, 3.8) is 0 Å². The second-order valence-electron chi connectivity index (χ2n) is 3.66. The van der Waals surface area contributed by atoms with Gasteiger partial charge in [-0.3, -0.25) is 0 Å². The van der Waals surface area contributed by atoms with Crippen molar-refractivity contribution >= 4 is 28.9 Å². The molecule has 19 heavy (non-hydrogen) atoms. The summed E-state index contributed by atoms with van der Waals surface area (Å²) in [7, 11) is 0. The van der Waals surface area contributed by atoms with Gasteiger partial charge in [0.25, 0.3) is 0 Å². The summed E-state index contributed by atoms with van der Waals surface area (Å²) in [4.78, 5) is 14.4. The van der Waals surface area contributed by atoms with Crippen LogP contribution in [0.5, 0.6) is 0 Å². The van der Waals surface area contributed by atoms with Gasteiger partial charge in [0.05, 0.1) is 23.1 Å². The maximum atomic E-state index is 10.7. The second kappa shape index (κ2) is 5.38. The van der Waals surface area contributed by atoms with Gasteiger partial charge in [0.15, 0.2) is 0 Å². The van der Waals surface area contributed by atoms with Gasteiger partial charge in [-0.2, -0.15) is 5.26 Å². The molecule has 0 spiro atoms. The topological polar surface area (TPSA) is 86.0 Å². The summed E-state index contributed by atoms with van der Waals surface area (Å²) >= 11 is 5.86. The van der Waals surface area contributed by atoms with Crippen LogP contribution in [0.15, 0.2) is 36.5 Å². The number of pyridine rings is 1. The fourth-order valence-electron chi connectivity index (χ4n) is 1.47. The van der Waals surface area contributed by atoms with E-state index in [1.165, 1.54) is 12.3 Å². The Morgan fingerprint density at radius 2 is 2.16 bits per heavy atom. The SMILES string of the molecule is N#Cc1ccc(Cl)cc1Nc1ccc(C(=O)O)nc1. The second-order valence-corrected chi connectivity index (χ2v) is 4.10. The summed E-state index contributed by atoms with van der Waals surface area (Å²) in [6.07, 6.45) is 1.38. The van der Waals surface area contributed by atoms with Crippen LogP contribution in [0.3, 0.4) is 0 Å². The first-order valence-corrected chi connectivity index (χ1v) is 5.64. The van der Waals surface area contributed by atoms with E-state index in [1.807, 2.05) is 6.07 Å².